The van der Waals surface area contributed by atoms with E-state index < -0.39 is 4.92 Å². The highest BCUT2D eigenvalue weighted by atomic mass is 16.6. The van der Waals surface area contributed by atoms with Crippen LogP contribution in [0, 0.1) is 29.9 Å². The number of amides is 1. The van der Waals surface area contributed by atoms with Crippen molar-refractivity contribution in [3.05, 3.63) is 111 Å². The van der Waals surface area contributed by atoms with Crippen molar-refractivity contribution < 1.29 is 9.72 Å². The summed E-state index contributed by atoms with van der Waals surface area (Å²) in [6.45, 7) is 4.11. The first-order chi connectivity index (χ1) is 14.9. The van der Waals surface area contributed by atoms with Gasteiger partial charge in [0, 0.05) is 17.5 Å². The SMILES string of the molecule is Cc1cccc(C2(c3cccc(C)c3)C[C@@H]2C(=O)N/N=C\c2ccc([N+](=O)[O-])cc2)c1. The van der Waals surface area contributed by atoms with Crippen LogP contribution in [-0.4, -0.2) is 17.0 Å². The molecule has 6 nitrogen and oxygen atoms in total. The number of aryl methyl sites for hydroxylation is 2. The number of rotatable bonds is 6. The van der Waals surface area contributed by atoms with E-state index in [1.807, 2.05) is 12.1 Å². The quantitative estimate of drug-likeness (QED) is 0.362. The summed E-state index contributed by atoms with van der Waals surface area (Å²) in [7, 11) is 0. The Hall–Kier alpha value is -3.80. The Balaban J connectivity index is 1.54. The van der Waals surface area contributed by atoms with E-state index >= 15 is 0 Å². The second-order valence-corrected chi connectivity index (χ2v) is 8.05. The van der Waals surface area contributed by atoms with Gasteiger partial charge in [-0.15, -0.1) is 0 Å². The van der Waals surface area contributed by atoms with E-state index in [4.69, 9.17) is 0 Å². The monoisotopic (exact) mass is 413 g/mol. The summed E-state index contributed by atoms with van der Waals surface area (Å²) in [6.07, 6.45) is 2.21. The van der Waals surface area contributed by atoms with E-state index in [1.165, 1.54) is 18.3 Å². The van der Waals surface area contributed by atoms with Crippen LogP contribution in [0.2, 0.25) is 0 Å². The second kappa shape index (κ2) is 8.14. The Morgan fingerprint density at radius 2 is 1.61 bits per heavy atom. The van der Waals surface area contributed by atoms with Gasteiger partial charge in [0.2, 0.25) is 5.91 Å². The highest BCUT2D eigenvalue weighted by Gasteiger charge is 2.60. The van der Waals surface area contributed by atoms with Crippen molar-refractivity contribution in [2.45, 2.75) is 25.7 Å². The smallest absolute Gasteiger partial charge is 0.269 e. The molecule has 3 aromatic rings. The fraction of sp³-hybridized carbons (Fsp3) is 0.200. The van der Waals surface area contributed by atoms with Crippen LogP contribution in [0.15, 0.2) is 77.9 Å². The van der Waals surface area contributed by atoms with Crippen LogP contribution in [-0.2, 0) is 10.2 Å². The molecular formula is C25H23N3O3. The van der Waals surface area contributed by atoms with Gasteiger partial charge in [-0.05, 0) is 49.1 Å². The molecular weight excluding hydrogens is 390 g/mol. The second-order valence-electron chi connectivity index (χ2n) is 8.05. The number of hydrogen-bond acceptors (Lipinski definition) is 4. The Bertz CT molecular complexity index is 1120. The standard InChI is InChI=1S/C25H23N3O3/c1-17-5-3-7-20(13-17)25(21-8-4-6-18(2)14-21)15-23(25)24(29)27-26-16-19-9-11-22(12-10-19)28(30)31/h3-14,16,23H,15H2,1-2H3,(H,27,29)/b26-16-/t23-/m1/s1. The van der Waals surface area contributed by atoms with Gasteiger partial charge in [-0.1, -0.05) is 59.7 Å². The topological polar surface area (TPSA) is 84.6 Å². The highest BCUT2D eigenvalue weighted by Crippen LogP contribution is 2.59. The molecule has 1 amide bonds. The summed E-state index contributed by atoms with van der Waals surface area (Å²) >= 11 is 0. The normalized spacial score (nSPS) is 16.8. The van der Waals surface area contributed by atoms with E-state index in [-0.39, 0.29) is 22.9 Å². The summed E-state index contributed by atoms with van der Waals surface area (Å²) in [4.78, 5) is 23.3. The third kappa shape index (κ3) is 4.10. The first-order valence-corrected chi connectivity index (χ1v) is 10.1. The highest BCUT2D eigenvalue weighted by molar-refractivity contribution is 5.87. The molecule has 1 N–H and O–H groups in total. The van der Waals surface area contributed by atoms with Crippen molar-refractivity contribution in [1.29, 1.82) is 0 Å². The van der Waals surface area contributed by atoms with Crippen LogP contribution in [0.3, 0.4) is 0 Å². The Kier molecular flexibility index (Phi) is 5.38. The summed E-state index contributed by atoms with van der Waals surface area (Å²) in [5.74, 6) is -0.355. The van der Waals surface area contributed by atoms with Crippen LogP contribution in [0.25, 0.3) is 0 Å². The number of carbonyl (C=O) groups excluding carboxylic acids is 1. The van der Waals surface area contributed by atoms with Crippen LogP contribution in [0.4, 0.5) is 5.69 Å². The molecule has 0 radical (unpaired) electrons. The van der Waals surface area contributed by atoms with Gasteiger partial charge in [0.1, 0.15) is 0 Å². The molecule has 6 heteroatoms. The van der Waals surface area contributed by atoms with Gasteiger partial charge in [0.15, 0.2) is 0 Å². The molecule has 1 aliphatic carbocycles. The van der Waals surface area contributed by atoms with Crippen LogP contribution in [0.1, 0.15) is 34.2 Å². The predicted molar refractivity (Wildman–Crippen MR) is 120 cm³/mol. The Morgan fingerprint density at radius 1 is 1.03 bits per heavy atom. The van der Waals surface area contributed by atoms with Crippen molar-refractivity contribution in [2.75, 3.05) is 0 Å². The average molecular weight is 413 g/mol. The number of hydrogen-bond donors (Lipinski definition) is 1. The zero-order valence-electron chi connectivity index (χ0n) is 17.4. The first-order valence-electron chi connectivity index (χ1n) is 10.1. The van der Waals surface area contributed by atoms with Gasteiger partial charge >= 0.3 is 0 Å². The molecule has 0 heterocycles. The summed E-state index contributed by atoms with van der Waals surface area (Å²) < 4.78 is 0. The van der Waals surface area contributed by atoms with E-state index in [0.717, 1.165) is 28.7 Å². The van der Waals surface area contributed by atoms with Crippen LogP contribution >= 0.6 is 0 Å². The van der Waals surface area contributed by atoms with Crippen molar-refractivity contribution >= 4 is 17.8 Å². The molecule has 0 saturated heterocycles. The molecule has 31 heavy (non-hydrogen) atoms. The lowest BCUT2D eigenvalue weighted by Gasteiger charge is -2.19. The Labute approximate surface area is 180 Å². The summed E-state index contributed by atoms with van der Waals surface area (Å²) in [6, 6.07) is 22.6. The molecule has 1 fully saturated rings. The molecule has 3 aromatic carbocycles. The fourth-order valence-electron chi connectivity index (χ4n) is 4.16. The molecule has 0 bridgehead atoms. The van der Waals surface area contributed by atoms with Crippen molar-refractivity contribution in [1.82, 2.24) is 5.43 Å². The number of hydrazone groups is 1. The number of nitrogens with zero attached hydrogens (tertiary/aromatic N) is 2. The molecule has 4 rings (SSSR count). The molecule has 1 saturated carbocycles. The number of benzene rings is 3. The van der Waals surface area contributed by atoms with E-state index in [1.54, 1.807) is 12.1 Å². The van der Waals surface area contributed by atoms with Crippen LogP contribution in [0.5, 0.6) is 0 Å². The molecule has 1 aliphatic rings. The minimum atomic E-state index is -0.452. The van der Waals surface area contributed by atoms with Gasteiger partial charge in [-0.2, -0.15) is 5.10 Å². The van der Waals surface area contributed by atoms with Crippen LogP contribution < -0.4 is 5.43 Å². The zero-order chi connectivity index (χ0) is 22.0. The number of carbonyl (C=O) groups is 1. The number of nitro benzene ring substituents is 1. The minimum absolute atomic E-state index is 0.0141. The summed E-state index contributed by atoms with van der Waals surface area (Å²) in [5.41, 5.74) is 7.57. The maximum absolute atomic E-state index is 13.0. The van der Waals surface area contributed by atoms with E-state index in [0.29, 0.717) is 5.56 Å². The maximum Gasteiger partial charge on any atom is 0.269 e. The van der Waals surface area contributed by atoms with Gasteiger partial charge < -0.3 is 0 Å². The number of nitro groups is 1. The van der Waals surface area contributed by atoms with Gasteiger partial charge in [0.05, 0.1) is 17.1 Å². The predicted octanol–water partition coefficient (Wildman–Crippen LogP) is 4.67. The molecule has 156 valence electrons. The summed E-state index contributed by atoms with van der Waals surface area (Å²) in [5, 5.41) is 14.8. The molecule has 0 spiro atoms. The lowest BCUT2D eigenvalue weighted by Crippen LogP contribution is -2.25. The lowest BCUT2D eigenvalue weighted by molar-refractivity contribution is -0.384. The fourth-order valence-corrected chi connectivity index (χ4v) is 4.16. The lowest BCUT2D eigenvalue weighted by atomic mass is 9.84. The van der Waals surface area contributed by atoms with Gasteiger partial charge in [0.25, 0.3) is 5.69 Å². The number of nitrogens with one attached hydrogen (secondary N) is 1. The van der Waals surface area contributed by atoms with Gasteiger partial charge in [-0.3, -0.25) is 14.9 Å². The van der Waals surface area contributed by atoms with Gasteiger partial charge in [-0.25, -0.2) is 5.43 Å². The molecule has 0 aliphatic heterocycles. The molecule has 1 atom stereocenters. The van der Waals surface area contributed by atoms with Crippen molar-refractivity contribution in [3.8, 4) is 0 Å². The van der Waals surface area contributed by atoms with E-state index in [2.05, 4.69) is 60.8 Å². The third-order valence-corrected chi connectivity index (χ3v) is 5.84. The third-order valence-electron chi connectivity index (χ3n) is 5.84. The van der Waals surface area contributed by atoms with Crippen molar-refractivity contribution in [3.63, 3.8) is 0 Å². The molecule has 0 unspecified atom stereocenters. The minimum Gasteiger partial charge on any atom is -0.273 e. The first kappa shape index (κ1) is 20.5. The zero-order valence-corrected chi connectivity index (χ0v) is 17.4. The maximum atomic E-state index is 13.0. The average Bonchev–Trinajstić information content (AvgIpc) is 3.51. The largest absolute Gasteiger partial charge is 0.273 e. The number of non-ortho nitro benzene ring substituents is 1. The van der Waals surface area contributed by atoms with Crippen molar-refractivity contribution in [2.24, 2.45) is 11.0 Å². The Morgan fingerprint density at radius 3 is 2.13 bits per heavy atom. The molecule has 0 aromatic heterocycles. The van der Waals surface area contributed by atoms with E-state index in [9.17, 15) is 14.9 Å².